The Hall–Kier alpha value is -2.66. The molecule has 0 spiro atoms. The minimum absolute atomic E-state index is 0.147. The largest absolute Gasteiger partial charge is 0.361 e. The SMILES string of the molecule is CCc1cc(C(=O)N(CCc2ccc(Cl)cc2)Cc2cccnc2)no1. The fourth-order valence-corrected chi connectivity index (χ4v) is 2.75. The van der Waals surface area contributed by atoms with Gasteiger partial charge in [-0.1, -0.05) is 41.9 Å². The number of rotatable bonds is 7. The van der Waals surface area contributed by atoms with Gasteiger partial charge in [-0.25, -0.2) is 0 Å². The predicted molar refractivity (Wildman–Crippen MR) is 100 cm³/mol. The van der Waals surface area contributed by atoms with Crippen LogP contribution in [0.2, 0.25) is 5.02 Å². The molecule has 1 aromatic carbocycles. The van der Waals surface area contributed by atoms with Gasteiger partial charge in [0.25, 0.3) is 5.91 Å². The number of carbonyl (C=O) groups is 1. The summed E-state index contributed by atoms with van der Waals surface area (Å²) in [4.78, 5) is 18.8. The van der Waals surface area contributed by atoms with Gasteiger partial charge in [0.1, 0.15) is 5.76 Å². The van der Waals surface area contributed by atoms with E-state index in [1.807, 2.05) is 43.3 Å². The number of pyridine rings is 1. The number of nitrogens with zero attached hydrogens (tertiary/aromatic N) is 3. The zero-order chi connectivity index (χ0) is 18.4. The Labute approximate surface area is 157 Å². The summed E-state index contributed by atoms with van der Waals surface area (Å²) < 4.78 is 5.19. The maximum absolute atomic E-state index is 12.9. The average molecular weight is 370 g/mol. The summed E-state index contributed by atoms with van der Waals surface area (Å²) in [6, 6.07) is 13.2. The zero-order valence-corrected chi connectivity index (χ0v) is 15.3. The Kier molecular flexibility index (Phi) is 6.02. The Bertz CT molecular complexity index is 847. The summed E-state index contributed by atoms with van der Waals surface area (Å²) in [6.45, 7) is 2.99. The second-order valence-electron chi connectivity index (χ2n) is 6.00. The predicted octanol–water partition coefficient (Wildman–Crippen LogP) is 4.17. The number of hydrogen-bond acceptors (Lipinski definition) is 4. The first-order valence-corrected chi connectivity index (χ1v) is 8.91. The summed E-state index contributed by atoms with van der Waals surface area (Å²) in [5.74, 6) is 0.554. The van der Waals surface area contributed by atoms with E-state index in [1.54, 1.807) is 23.4 Å². The Morgan fingerprint density at radius 1 is 1.19 bits per heavy atom. The molecule has 1 amide bonds. The number of benzene rings is 1. The van der Waals surface area contributed by atoms with Crippen LogP contribution in [0, 0.1) is 0 Å². The normalized spacial score (nSPS) is 10.7. The standard InChI is InChI=1S/C20H20ClN3O2/c1-2-18-12-19(23-26-18)20(25)24(14-16-4-3-10-22-13-16)11-9-15-5-7-17(21)8-6-15/h3-8,10,12-13H,2,9,11,14H2,1H3. The van der Waals surface area contributed by atoms with Crippen molar-refractivity contribution >= 4 is 17.5 Å². The summed E-state index contributed by atoms with van der Waals surface area (Å²) in [6.07, 6.45) is 4.91. The van der Waals surface area contributed by atoms with Crippen molar-refractivity contribution in [3.05, 3.63) is 82.5 Å². The van der Waals surface area contributed by atoms with Crippen LogP contribution in [-0.4, -0.2) is 27.5 Å². The highest BCUT2D eigenvalue weighted by molar-refractivity contribution is 6.30. The van der Waals surface area contributed by atoms with Crippen molar-refractivity contribution in [3.8, 4) is 0 Å². The van der Waals surface area contributed by atoms with Crippen LogP contribution in [0.4, 0.5) is 0 Å². The molecule has 3 rings (SSSR count). The van der Waals surface area contributed by atoms with Crippen molar-refractivity contribution in [2.45, 2.75) is 26.3 Å². The van der Waals surface area contributed by atoms with Gasteiger partial charge in [-0.15, -0.1) is 0 Å². The van der Waals surface area contributed by atoms with Gasteiger partial charge < -0.3 is 9.42 Å². The van der Waals surface area contributed by atoms with E-state index in [2.05, 4.69) is 10.1 Å². The first kappa shape index (κ1) is 18.1. The van der Waals surface area contributed by atoms with Crippen LogP contribution in [0.3, 0.4) is 0 Å². The number of aromatic nitrogens is 2. The second kappa shape index (κ2) is 8.63. The van der Waals surface area contributed by atoms with Crippen molar-refractivity contribution in [1.82, 2.24) is 15.0 Å². The maximum Gasteiger partial charge on any atom is 0.276 e. The molecule has 5 nitrogen and oxygen atoms in total. The van der Waals surface area contributed by atoms with Gasteiger partial charge in [0, 0.05) is 43.0 Å². The molecule has 0 aliphatic rings. The van der Waals surface area contributed by atoms with Crippen LogP contribution in [0.1, 0.15) is 34.3 Å². The summed E-state index contributed by atoms with van der Waals surface area (Å²) in [5.41, 5.74) is 2.42. The summed E-state index contributed by atoms with van der Waals surface area (Å²) in [7, 11) is 0. The average Bonchev–Trinajstić information content (AvgIpc) is 3.16. The molecule has 0 unspecified atom stereocenters. The third-order valence-electron chi connectivity index (χ3n) is 4.09. The lowest BCUT2D eigenvalue weighted by molar-refractivity contribution is 0.0734. The number of amides is 1. The fraction of sp³-hybridized carbons (Fsp3) is 0.250. The molecule has 134 valence electrons. The Balaban J connectivity index is 1.76. The fourth-order valence-electron chi connectivity index (χ4n) is 2.62. The molecule has 0 saturated carbocycles. The molecular formula is C20H20ClN3O2. The van der Waals surface area contributed by atoms with Crippen LogP contribution in [0.25, 0.3) is 0 Å². The first-order chi connectivity index (χ1) is 12.7. The molecule has 0 aliphatic heterocycles. The van der Waals surface area contributed by atoms with Gasteiger partial charge in [-0.3, -0.25) is 9.78 Å². The van der Waals surface area contributed by atoms with Gasteiger partial charge in [0.2, 0.25) is 0 Å². The minimum atomic E-state index is -0.147. The number of hydrogen-bond donors (Lipinski definition) is 0. The molecule has 26 heavy (non-hydrogen) atoms. The Morgan fingerprint density at radius 3 is 2.65 bits per heavy atom. The molecule has 0 saturated heterocycles. The van der Waals surface area contributed by atoms with E-state index in [-0.39, 0.29) is 5.91 Å². The molecule has 0 bridgehead atoms. The molecule has 2 heterocycles. The van der Waals surface area contributed by atoms with Crippen molar-refractivity contribution in [2.24, 2.45) is 0 Å². The molecular weight excluding hydrogens is 350 g/mol. The van der Waals surface area contributed by atoms with Gasteiger partial charge in [-0.2, -0.15) is 0 Å². The van der Waals surface area contributed by atoms with E-state index in [1.165, 1.54) is 0 Å². The highest BCUT2D eigenvalue weighted by Crippen LogP contribution is 2.14. The first-order valence-electron chi connectivity index (χ1n) is 8.54. The van der Waals surface area contributed by atoms with E-state index < -0.39 is 0 Å². The Morgan fingerprint density at radius 2 is 2.00 bits per heavy atom. The van der Waals surface area contributed by atoms with Crippen LogP contribution < -0.4 is 0 Å². The second-order valence-corrected chi connectivity index (χ2v) is 6.43. The topological polar surface area (TPSA) is 59.2 Å². The van der Waals surface area contributed by atoms with Gasteiger partial charge in [0.05, 0.1) is 0 Å². The van der Waals surface area contributed by atoms with Crippen molar-refractivity contribution in [3.63, 3.8) is 0 Å². The van der Waals surface area contributed by atoms with E-state index in [0.717, 1.165) is 17.5 Å². The van der Waals surface area contributed by atoms with Gasteiger partial charge in [-0.05, 0) is 35.7 Å². The van der Waals surface area contributed by atoms with Gasteiger partial charge in [0.15, 0.2) is 5.69 Å². The van der Waals surface area contributed by atoms with E-state index in [0.29, 0.717) is 36.0 Å². The lowest BCUT2D eigenvalue weighted by Crippen LogP contribution is -2.32. The van der Waals surface area contributed by atoms with Crippen LogP contribution >= 0.6 is 11.6 Å². The third-order valence-corrected chi connectivity index (χ3v) is 4.35. The lowest BCUT2D eigenvalue weighted by atomic mass is 10.1. The highest BCUT2D eigenvalue weighted by Gasteiger charge is 2.20. The molecule has 0 fully saturated rings. The molecule has 2 aromatic heterocycles. The van der Waals surface area contributed by atoms with Crippen molar-refractivity contribution in [1.29, 1.82) is 0 Å². The van der Waals surface area contributed by atoms with Crippen molar-refractivity contribution < 1.29 is 9.32 Å². The van der Waals surface area contributed by atoms with E-state index in [9.17, 15) is 4.79 Å². The zero-order valence-electron chi connectivity index (χ0n) is 14.6. The maximum atomic E-state index is 12.9. The van der Waals surface area contributed by atoms with Gasteiger partial charge >= 0.3 is 0 Å². The quantitative estimate of drug-likeness (QED) is 0.627. The van der Waals surface area contributed by atoms with Crippen molar-refractivity contribution in [2.75, 3.05) is 6.54 Å². The monoisotopic (exact) mass is 369 g/mol. The van der Waals surface area contributed by atoms with Crippen LogP contribution in [0.15, 0.2) is 59.4 Å². The summed E-state index contributed by atoms with van der Waals surface area (Å²) >= 11 is 5.94. The van der Waals surface area contributed by atoms with Crippen LogP contribution in [0.5, 0.6) is 0 Å². The van der Waals surface area contributed by atoms with E-state index >= 15 is 0 Å². The lowest BCUT2D eigenvalue weighted by Gasteiger charge is -2.21. The molecule has 6 heteroatoms. The molecule has 3 aromatic rings. The smallest absolute Gasteiger partial charge is 0.276 e. The number of carbonyl (C=O) groups excluding carboxylic acids is 1. The molecule has 0 aliphatic carbocycles. The third kappa shape index (κ3) is 4.70. The molecule has 0 atom stereocenters. The molecule has 0 radical (unpaired) electrons. The molecule has 0 N–H and O–H groups in total. The number of halogens is 1. The number of aryl methyl sites for hydroxylation is 1. The van der Waals surface area contributed by atoms with Crippen LogP contribution in [-0.2, 0) is 19.4 Å². The summed E-state index contributed by atoms with van der Waals surface area (Å²) in [5, 5.41) is 4.62. The minimum Gasteiger partial charge on any atom is -0.361 e. The highest BCUT2D eigenvalue weighted by atomic mass is 35.5. The van der Waals surface area contributed by atoms with E-state index in [4.69, 9.17) is 16.1 Å².